The van der Waals surface area contributed by atoms with Gasteiger partial charge in [0.1, 0.15) is 5.00 Å². The molecule has 0 aliphatic rings. The molecular formula is C18H16N2O2S. The van der Waals surface area contributed by atoms with Gasteiger partial charge in [0, 0.05) is 18.7 Å². The number of rotatable bonds is 5. The van der Waals surface area contributed by atoms with Gasteiger partial charge < -0.3 is 10.1 Å². The molecule has 3 aromatic rings. The number of nitrogens with zero attached hydrogens (tertiary/aromatic N) is 1. The van der Waals surface area contributed by atoms with Crippen molar-refractivity contribution in [1.82, 2.24) is 4.37 Å². The third-order valence-corrected chi connectivity index (χ3v) is 4.11. The third-order valence-electron chi connectivity index (χ3n) is 3.40. The van der Waals surface area contributed by atoms with E-state index in [2.05, 4.69) is 9.69 Å². The molecule has 0 radical (unpaired) electrons. The van der Waals surface area contributed by atoms with Crippen molar-refractivity contribution in [3.8, 4) is 11.3 Å². The van der Waals surface area contributed by atoms with Crippen molar-refractivity contribution in [3.05, 3.63) is 72.3 Å². The number of methoxy groups -OCH3 is 1. The van der Waals surface area contributed by atoms with Crippen molar-refractivity contribution in [2.24, 2.45) is 0 Å². The molecule has 0 aliphatic heterocycles. The van der Waals surface area contributed by atoms with Gasteiger partial charge in [-0.15, -0.1) is 0 Å². The zero-order valence-electron chi connectivity index (χ0n) is 12.6. The van der Waals surface area contributed by atoms with E-state index in [1.165, 1.54) is 18.6 Å². The molecule has 0 bridgehead atoms. The zero-order valence-corrected chi connectivity index (χ0v) is 13.4. The zero-order chi connectivity index (χ0) is 16.1. The summed E-state index contributed by atoms with van der Waals surface area (Å²) in [6.07, 6.45) is -0.640. The molecule has 0 unspecified atom stereocenters. The van der Waals surface area contributed by atoms with E-state index in [1.54, 1.807) is 0 Å². The average molecular weight is 324 g/mol. The lowest BCUT2D eigenvalue weighted by molar-refractivity contribution is -0.126. The Bertz CT molecular complexity index is 772. The predicted molar refractivity (Wildman–Crippen MR) is 92.4 cm³/mol. The maximum absolute atomic E-state index is 12.4. The van der Waals surface area contributed by atoms with E-state index in [-0.39, 0.29) is 5.91 Å². The molecule has 116 valence electrons. The number of hydrogen-bond acceptors (Lipinski definition) is 4. The highest BCUT2D eigenvalue weighted by atomic mass is 32.1. The van der Waals surface area contributed by atoms with Gasteiger partial charge in [-0.05, 0) is 17.1 Å². The van der Waals surface area contributed by atoms with Crippen molar-refractivity contribution < 1.29 is 9.53 Å². The van der Waals surface area contributed by atoms with Crippen LogP contribution < -0.4 is 5.32 Å². The quantitative estimate of drug-likeness (QED) is 0.767. The van der Waals surface area contributed by atoms with E-state index in [4.69, 9.17) is 4.74 Å². The summed E-state index contributed by atoms with van der Waals surface area (Å²) in [5.41, 5.74) is 2.69. The van der Waals surface area contributed by atoms with Gasteiger partial charge in [0.15, 0.2) is 6.10 Å². The first-order valence-electron chi connectivity index (χ1n) is 7.18. The molecule has 4 nitrogen and oxygen atoms in total. The topological polar surface area (TPSA) is 51.2 Å². The van der Waals surface area contributed by atoms with Gasteiger partial charge in [0.05, 0.1) is 5.69 Å². The predicted octanol–water partition coefficient (Wildman–Crippen LogP) is 4.14. The number of nitrogens with one attached hydrogen (secondary N) is 1. The van der Waals surface area contributed by atoms with Crippen LogP contribution in [0.1, 0.15) is 11.7 Å². The second-order valence-corrected chi connectivity index (χ2v) is 5.76. The molecule has 1 N–H and O–H groups in total. The summed E-state index contributed by atoms with van der Waals surface area (Å²) in [6, 6.07) is 21.1. The Morgan fingerprint density at radius 1 is 1.09 bits per heavy atom. The Labute approximate surface area is 138 Å². The molecule has 23 heavy (non-hydrogen) atoms. The van der Waals surface area contributed by atoms with E-state index in [1.807, 2.05) is 66.7 Å². The number of anilines is 1. The van der Waals surface area contributed by atoms with Crippen molar-refractivity contribution in [2.45, 2.75) is 6.10 Å². The highest BCUT2D eigenvalue weighted by Crippen LogP contribution is 2.26. The molecule has 1 aromatic heterocycles. The summed E-state index contributed by atoms with van der Waals surface area (Å²) in [7, 11) is 1.53. The number of ether oxygens (including phenoxy) is 1. The molecule has 0 fully saturated rings. The van der Waals surface area contributed by atoms with Crippen molar-refractivity contribution in [3.63, 3.8) is 0 Å². The Balaban J connectivity index is 1.74. The minimum Gasteiger partial charge on any atom is -0.367 e. The van der Waals surface area contributed by atoms with E-state index in [0.717, 1.165) is 16.8 Å². The number of carbonyl (C=O) groups excluding carboxylic acids is 1. The molecule has 0 saturated heterocycles. The fraction of sp³-hybridized carbons (Fsp3) is 0.111. The number of hydrogen-bond donors (Lipinski definition) is 1. The molecule has 1 atom stereocenters. The molecule has 0 aliphatic carbocycles. The first kappa shape index (κ1) is 15.4. The third kappa shape index (κ3) is 3.64. The number of aromatic nitrogens is 1. The number of carbonyl (C=O) groups is 1. The van der Waals surface area contributed by atoms with Crippen LogP contribution in [0, 0.1) is 0 Å². The molecular weight excluding hydrogens is 308 g/mol. The molecule has 1 heterocycles. The van der Waals surface area contributed by atoms with Gasteiger partial charge in [-0.3, -0.25) is 4.79 Å². The van der Waals surface area contributed by atoms with Crippen LogP contribution in [-0.4, -0.2) is 17.4 Å². The van der Waals surface area contributed by atoms with Crippen molar-refractivity contribution >= 4 is 22.4 Å². The summed E-state index contributed by atoms with van der Waals surface area (Å²) in [5.74, 6) is -0.207. The van der Waals surface area contributed by atoms with E-state index in [0.29, 0.717) is 5.00 Å². The van der Waals surface area contributed by atoms with Crippen LogP contribution in [0.5, 0.6) is 0 Å². The van der Waals surface area contributed by atoms with Gasteiger partial charge in [-0.25, -0.2) is 0 Å². The van der Waals surface area contributed by atoms with Gasteiger partial charge in [0.2, 0.25) is 0 Å². The minimum atomic E-state index is -0.640. The molecule has 0 saturated carbocycles. The van der Waals surface area contributed by atoms with Gasteiger partial charge in [0.25, 0.3) is 5.91 Å². The molecule has 5 heteroatoms. The maximum atomic E-state index is 12.4. The highest BCUT2D eigenvalue weighted by Gasteiger charge is 2.20. The van der Waals surface area contributed by atoms with Crippen LogP contribution >= 0.6 is 11.5 Å². The van der Waals surface area contributed by atoms with Gasteiger partial charge >= 0.3 is 0 Å². The van der Waals surface area contributed by atoms with Crippen molar-refractivity contribution in [1.29, 1.82) is 0 Å². The number of benzene rings is 2. The summed E-state index contributed by atoms with van der Waals surface area (Å²) in [5, 5.41) is 3.57. The van der Waals surface area contributed by atoms with E-state index in [9.17, 15) is 4.79 Å². The van der Waals surface area contributed by atoms with Crippen LogP contribution in [0.4, 0.5) is 5.00 Å². The highest BCUT2D eigenvalue weighted by molar-refractivity contribution is 7.10. The van der Waals surface area contributed by atoms with E-state index >= 15 is 0 Å². The first-order chi connectivity index (χ1) is 11.3. The van der Waals surface area contributed by atoms with Crippen LogP contribution in [0.2, 0.25) is 0 Å². The monoisotopic (exact) mass is 324 g/mol. The summed E-state index contributed by atoms with van der Waals surface area (Å²) in [4.78, 5) is 12.4. The summed E-state index contributed by atoms with van der Waals surface area (Å²) >= 11 is 1.26. The van der Waals surface area contributed by atoms with Crippen LogP contribution in [-0.2, 0) is 9.53 Å². The Morgan fingerprint density at radius 3 is 2.39 bits per heavy atom. The van der Waals surface area contributed by atoms with Crippen LogP contribution in [0.15, 0.2) is 66.7 Å². The van der Waals surface area contributed by atoms with Crippen LogP contribution in [0.3, 0.4) is 0 Å². The number of amides is 1. The van der Waals surface area contributed by atoms with Crippen LogP contribution in [0.25, 0.3) is 11.3 Å². The Morgan fingerprint density at radius 2 is 1.74 bits per heavy atom. The first-order valence-corrected chi connectivity index (χ1v) is 7.96. The Hall–Kier alpha value is -2.50. The molecule has 3 rings (SSSR count). The summed E-state index contributed by atoms with van der Waals surface area (Å²) in [6.45, 7) is 0. The smallest absolute Gasteiger partial charge is 0.258 e. The fourth-order valence-corrected chi connectivity index (χ4v) is 2.95. The molecule has 1 amide bonds. The average Bonchev–Trinajstić information content (AvgIpc) is 3.06. The molecule has 2 aromatic carbocycles. The second kappa shape index (κ2) is 7.17. The lowest BCUT2D eigenvalue weighted by Gasteiger charge is -2.14. The SMILES string of the molecule is CO[C@@H](C(=O)Nc1cc(-c2ccccc2)ns1)c1ccccc1. The standard InChI is InChI=1S/C18H16N2O2S/c1-22-17(14-10-6-3-7-11-14)18(21)19-16-12-15(20-23-16)13-8-4-2-5-9-13/h2-12,17H,1H3,(H,19,21)/t17-/m1/s1. The largest absolute Gasteiger partial charge is 0.367 e. The van der Waals surface area contributed by atoms with Crippen molar-refractivity contribution in [2.75, 3.05) is 12.4 Å². The summed E-state index contributed by atoms with van der Waals surface area (Å²) < 4.78 is 9.72. The lowest BCUT2D eigenvalue weighted by atomic mass is 10.1. The lowest BCUT2D eigenvalue weighted by Crippen LogP contribution is -2.22. The van der Waals surface area contributed by atoms with Gasteiger partial charge in [-0.1, -0.05) is 60.7 Å². The normalized spacial score (nSPS) is 11.9. The fourth-order valence-electron chi connectivity index (χ4n) is 2.29. The van der Waals surface area contributed by atoms with Gasteiger partial charge in [-0.2, -0.15) is 4.37 Å². The van der Waals surface area contributed by atoms with E-state index < -0.39 is 6.10 Å². The Kier molecular flexibility index (Phi) is 4.80. The molecule has 0 spiro atoms. The minimum absolute atomic E-state index is 0.207. The maximum Gasteiger partial charge on any atom is 0.258 e. The second-order valence-electron chi connectivity index (χ2n) is 4.96.